The molecule has 100 valence electrons. The van der Waals surface area contributed by atoms with Crippen LogP contribution in [0.4, 0.5) is 11.4 Å². The highest BCUT2D eigenvalue weighted by Crippen LogP contribution is 2.27. The van der Waals surface area contributed by atoms with E-state index in [2.05, 4.69) is 5.32 Å². The molecule has 1 aromatic carbocycles. The smallest absolute Gasteiger partial charge is 0.292 e. The summed E-state index contributed by atoms with van der Waals surface area (Å²) in [5.74, 6) is 0. The van der Waals surface area contributed by atoms with E-state index in [1.807, 2.05) is 20.8 Å². The normalized spacial score (nSPS) is 11.3. The van der Waals surface area contributed by atoms with Crippen molar-refractivity contribution in [1.29, 1.82) is 0 Å². The van der Waals surface area contributed by atoms with Crippen LogP contribution in [0.25, 0.3) is 0 Å². The average Bonchev–Trinajstić information content (AvgIpc) is 2.26. The van der Waals surface area contributed by atoms with Crippen molar-refractivity contribution in [3.05, 3.63) is 33.9 Å². The van der Waals surface area contributed by atoms with Crippen LogP contribution in [0, 0.1) is 22.5 Å². The van der Waals surface area contributed by atoms with Gasteiger partial charge in [0.1, 0.15) is 5.69 Å². The lowest BCUT2D eigenvalue weighted by Crippen LogP contribution is -2.24. The van der Waals surface area contributed by atoms with Crippen LogP contribution in [0.1, 0.15) is 25.8 Å². The first kappa shape index (κ1) is 14.4. The Labute approximate surface area is 107 Å². The number of hydrogen-bond donors (Lipinski definition) is 2. The molecule has 0 unspecified atom stereocenters. The lowest BCUT2D eigenvalue weighted by molar-refractivity contribution is -0.384. The molecule has 0 aliphatic carbocycles. The molecule has 0 aromatic heterocycles. The molecule has 1 rings (SSSR count). The Bertz CT molecular complexity index is 430. The molecule has 0 radical (unpaired) electrons. The van der Waals surface area contributed by atoms with Crippen molar-refractivity contribution in [3.8, 4) is 0 Å². The van der Waals surface area contributed by atoms with Crippen molar-refractivity contribution in [3.63, 3.8) is 0 Å². The minimum atomic E-state index is -0.388. The van der Waals surface area contributed by atoms with Crippen molar-refractivity contribution in [2.45, 2.75) is 27.2 Å². The van der Waals surface area contributed by atoms with E-state index in [0.29, 0.717) is 18.7 Å². The molecule has 0 atom stereocenters. The van der Waals surface area contributed by atoms with E-state index >= 15 is 0 Å². The van der Waals surface area contributed by atoms with E-state index in [1.165, 1.54) is 6.07 Å². The predicted molar refractivity (Wildman–Crippen MR) is 71.8 cm³/mol. The molecule has 0 saturated heterocycles. The zero-order chi connectivity index (χ0) is 13.8. The zero-order valence-electron chi connectivity index (χ0n) is 11.1. The number of hydrogen-bond acceptors (Lipinski definition) is 4. The highest BCUT2D eigenvalue weighted by atomic mass is 16.6. The molecule has 0 aliphatic heterocycles. The molecule has 0 heterocycles. The number of nitro benzene ring substituents is 1. The van der Waals surface area contributed by atoms with Crippen LogP contribution in [0.3, 0.4) is 0 Å². The first-order valence-electron chi connectivity index (χ1n) is 5.95. The Morgan fingerprint density at radius 2 is 2.11 bits per heavy atom. The van der Waals surface area contributed by atoms with Gasteiger partial charge in [-0.15, -0.1) is 0 Å². The Balaban J connectivity index is 2.83. The van der Waals surface area contributed by atoms with Crippen LogP contribution in [-0.2, 0) is 0 Å². The maximum atomic E-state index is 10.9. The Hall–Kier alpha value is -1.62. The number of anilines is 1. The quantitative estimate of drug-likeness (QED) is 0.603. The van der Waals surface area contributed by atoms with Gasteiger partial charge < -0.3 is 10.4 Å². The maximum Gasteiger partial charge on any atom is 0.292 e. The van der Waals surface area contributed by atoms with Crippen LogP contribution >= 0.6 is 0 Å². The van der Waals surface area contributed by atoms with Crippen LogP contribution in [-0.4, -0.2) is 23.2 Å². The van der Waals surface area contributed by atoms with E-state index in [1.54, 1.807) is 12.1 Å². The van der Waals surface area contributed by atoms with Crippen LogP contribution in [0.15, 0.2) is 18.2 Å². The number of rotatable bonds is 6. The topological polar surface area (TPSA) is 75.4 Å². The molecule has 0 bridgehead atoms. The molecule has 0 saturated carbocycles. The van der Waals surface area contributed by atoms with Gasteiger partial charge in [0.15, 0.2) is 0 Å². The molecule has 5 heteroatoms. The van der Waals surface area contributed by atoms with Gasteiger partial charge in [0.05, 0.1) is 4.92 Å². The van der Waals surface area contributed by atoms with Gasteiger partial charge in [-0.05, 0) is 30.4 Å². The number of aryl methyl sites for hydroxylation is 1. The summed E-state index contributed by atoms with van der Waals surface area (Å²) in [5, 5.41) is 23.0. The van der Waals surface area contributed by atoms with E-state index in [9.17, 15) is 10.1 Å². The number of nitrogens with zero attached hydrogens (tertiary/aromatic N) is 1. The minimum absolute atomic E-state index is 0.0837. The highest BCUT2D eigenvalue weighted by Gasteiger charge is 2.19. The van der Waals surface area contributed by atoms with Crippen molar-refractivity contribution in [2.75, 3.05) is 18.5 Å². The molecule has 0 fully saturated rings. The first-order chi connectivity index (χ1) is 8.35. The van der Waals surface area contributed by atoms with Gasteiger partial charge in [-0.1, -0.05) is 19.9 Å². The third kappa shape index (κ3) is 4.00. The number of nitrogens with one attached hydrogen (secondary N) is 1. The van der Waals surface area contributed by atoms with Crippen molar-refractivity contribution >= 4 is 11.4 Å². The van der Waals surface area contributed by atoms with Gasteiger partial charge in [0.2, 0.25) is 0 Å². The molecule has 0 aliphatic rings. The largest absolute Gasteiger partial charge is 0.396 e. The summed E-state index contributed by atoms with van der Waals surface area (Å²) in [7, 11) is 0. The third-order valence-corrected chi connectivity index (χ3v) is 2.89. The van der Waals surface area contributed by atoms with Gasteiger partial charge in [0.25, 0.3) is 5.69 Å². The Kier molecular flexibility index (Phi) is 4.67. The molecule has 18 heavy (non-hydrogen) atoms. The number of benzene rings is 1. The number of aliphatic hydroxyl groups is 1. The fraction of sp³-hybridized carbons (Fsp3) is 0.538. The zero-order valence-corrected chi connectivity index (χ0v) is 11.1. The Morgan fingerprint density at radius 3 is 2.67 bits per heavy atom. The minimum Gasteiger partial charge on any atom is -0.396 e. The van der Waals surface area contributed by atoms with Gasteiger partial charge in [-0.25, -0.2) is 0 Å². The molecular formula is C13H20N2O3. The van der Waals surface area contributed by atoms with E-state index in [-0.39, 0.29) is 22.6 Å². The Morgan fingerprint density at radius 1 is 1.44 bits per heavy atom. The molecule has 0 amide bonds. The second-order valence-corrected chi connectivity index (χ2v) is 5.27. The molecule has 5 nitrogen and oxygen atoms in total. The highest BCUT2D eigenvalue weighted by molar-refractivity contribution is 5.62. The van der Waals surface area contributed by atoms with E-state index in [0.717, 1.165) is 5.56 Å². The predicted octanol–water partition coefficient (Wildman–Crippen LogP) is 2.72. The maximum absolute atomic E-state index is 10.9. The lowest BCUT2D eigenvalue weighted by Gasteiger charge is -2.24. The van der Waals surface area contributed by atoms with E-state index < -0.39 is 0 Å². The summed E-state index contributed by atoms with van der Waals surface area (Å²) in [6.07, 6.45) is 0.652. The van der Waals surface area contributed by atoms with Crippen molar-refractivity contribution in [2.24, 2.45) is 5.41 Å². The average molecular weight is 252 g/mol. The summed E-state index contributed by atoms with van der Waals surface area (Å²) < 4.78 is 0. The summed E-state index contributed by atoms with van der Waals surface area (Å²) >= 11 is 0. The standard InChI is InChI=1S/C13H20N2O3/c1-10-4-5-12(15(17)18)11(8-10)14-9-13(2,3)6-7-16/h4-5,8,14,16H,6-7,9H2,1-3H3. The summed E-state index contributed by atoms with van der Waals surface area (Å²) in [4.78, 5) is 10.5. The van der Waals surface area contributed by atoms with E-state index in [4.69, 9.17) is 5.11 Å². The van der Waals surface area contributed by atoms with Gasteiger partial charge in [-0.2, -0.15) is 0 Å². The molecule has 1 aromatic rings. The second-order valence-electron chi connectivity index (χ2n) is 5.27. The first-order valence-corrected chi connectivity index (χ1v) is 5.95. The number of aliphatic hydroxyl groups excluding tert-OH is 1. The van der Waals surface area contributed by atoms with Gasteiger partial charge in [0, 0.05) is 19.2 Å². The number of nitro groups is 1. The SMILES string of the molecule is Cc1ccc([N+](=O)[O-])c(NCC(C)(C)CCO)c1. The molecule has 2 N–H and O–H groups in total. The summed E-state index contributed by atoms with van der Waals surface area (Å²) in [6.45, 7) is 6.62. The van der Waals surface area contributed by atoms with Crippen LogP contribution < -0.4 is 5.32 Å². The fourth-order valence-electron chi connectivity index (χ4n) is 1.68. The monoisotopic (exact) mass is 252 g/mol. The van der Waals surface area contributed by atoms with Gasteiger partial charge in [-0.3, -0.25) is 10.1 Å². The molecule has 0 spiro atoms. The third-order valence-electron chi connectivity index (χ3n) is 2.89. The summed E-state index contributed by atoms with van der Waals surface area (Å²) in [6, 6.07) is 5.01. The molecular weight excluding hydrogens is 232 g/mol. The van der Waals surface area contributed by atoms with Crippen LogP contribution in [0.2, 0.25) is 0 Å². The van der Waals surface area contributed by atoms with Crippen molar-refractivity contribution in [1.82, 2.24) is 0 Å². The van der Waals surface area contributed by atoms with Gasteiger partial charge >= 0.3 is 0 Å². The van der Waals surface area contributed by atoms with Crippen molar-refractivity contribution < 1.29 is 10.0 Å². The fourth-order valence-corrected chi connectivity index (χ4v) is 1.68. The second kappa shape index (κ2) is 5.82. The summed E-state index contributed by atoms with van der Waals surface area (Å²) in [5.41, 5.74) is 1.49. The lowest BCUT2D eigenvalue weighted by atomic mass is 9.89. The van der Waals surface area contributed by atoms with Crippen LogP contribution in [0.5, 0.6) is 0 Å².